The highest BCUT2D eigenvalue weighted by Crippen LogP contribution is 2.07. The highest BCUT2D eigenvalue weighted by Gasteiger charge is 2.11. The van der Waals surface area contributed by atoms with Crippen LogP contribution in [-0.4, -0.2) is 17.4 Å². The van der Waals surface area contributed by atoms with Crippen LogP contribution in [0.5, 0.6) is 0 Å². The number of hydrogen-bond acceptors (Lipinski definition) is 2. The molecule has 0 radical (unpaired) electrons. The average Bonchev–Trinajstić information content (AvgIpc) is 2.16. The molecule has 0 aliphatic carbocycles. The molecule has 0 rings (SSSR count). The number of halogens is 2. The van der Waals surface area contributed by atoms with Gasteiger partial charge in [-0.2, -0.15) is 0 Å². The van der Waals surface area contributed by atoms with Gasteiger partial charge in [-0.3, -0.25) is 0 Å². The maximum atomic E-state index is 10.9. The summed E-state index contributed by atoms with van der Waals surface area (Å²) in [5, 5.41) is 0. The van der Waals surface area contributed by atoms with E-state index in [9.17, 15) is 4.79 Å². The van der Waals surface area contributed by atoms with Crippen molar-refractivity contribution < 1.29 is 9.53 Å². The Hall–Kier alpha value is -0.470. The van der Waals surface area contributed by atoms with Crippen LogP contribution < -0.4 is 0 Å². The summed E-state index contributed by atoms with van der Waals surface area (Å²) in [6.45, 7) is 6.38. The molecule has 0 aromatic heterocycles. The summed E-state index contributed by atoms with van der Waals surface area (Å²) in [4.78, 5) is 9.80. The van der Waals surface area contributed by atoms with E-state index in [2.05, 4.69) is 19.9 Å². The van der Waals surface area contributed by atoms with Gasteiger partial charge in [0.05, 0.1) is 0 Å². The van der Waals surface area contributed by atoms with Gasteiger partial charge >= 0.3 is 5.97 Å². The monoisotopic (exact) mass is 264 g/mol. The maximum Gasteiger partial charge on any atom is 0.339 e. The van der Waals surface area contributed by atoms with E-state index in [0.717, 1.165) is 12.8 Å². The van der Waals surface area contributed by atoms with Gasteiger partial charge in [0, 0.05) is 0 Å². The second-order valence-corrected chi connectivity index (χ2v) is 4.90. The number of alkyl halides is 2. The average molecular weight is 265 g/mol. The Morgan fingerprint density at radius 1 is 1.25 bits per heavy atom. The Morgan fingerprint density at radius 2 is 1.88 bits per heavy atom. The van der Waals surface area contributed by atoms with E-state index in [1.165, 1.54) is 11.1 Å². The van der Waals surface area contributed by atoms with Crippen molar-refractivity contribution >= 4 is 29.2 Å². The van der Waals surface area contributed by atoms with Gasteiger partial charge in [0.15, 0.2) is 0 Å². The molecule has 0 aromatic rings. The predicted molar refractivity (Wildman–Crippen MR) is 68.9 cm³/mol. The molecular weight excluding hydrogens is 247 g/mol. The molecule has 2 nitrogen and oxygen atoms in total. The van der Waals surface area contributed by atoms with Crippen molar-refractivity contribution in [1.29, 1.82) is 0 Å². The lowest BCUT2D eigenvalue weighted by Crippen LogP contribution is -2.12. The molecule has 0 aliphatic heterocycles. The number of rotatable bonds is 6. The van der Waals surface area contributed by atoms with Crippen LogP contribution in [0.4, 0.5) is 0 Å². The Labute approximate surface area is 107 Å². The van der Waals surface area contributed by atoms with Crippen LogP contribution in [0.15, 0.2) is 23.3 Å². The zero-order valence-corrected chi connectivity index (χ0v) is 11.4. The summed E-state index contributed by atoms with van der Waals surface area (Å²) in [6.07, 6.45) is 6.02. The number of esters is 1. The SMILES string of the molecule is CC(C)=CCCC(C)=CCOC(=O)C(Cl)Cl. The standard InChI is InChI=1S/C12H18Cl2O2/c1-9(2)5-4-6-10(3)7-8-16-12(15)11(13)14/h5,7,11H,4,6,8H2,1-3H3. The van der Waals surface area contributed by atoms with E-state index in [4.69, 9.17) is 27.9 Å². The molecule has 0 N–H and O–H groups in total. The number of allylic oxidation sites excluding steroid dienone is 3. The second kappa shape index (κ2) is 8.66. The molecule has 0 saturated carbocycles. The van der Waals surface area contributed by atoms with Crippen molar-refractivity contribution in [3.05, 3.63) is 23.3 Å². The maximum absolute atomic E-state index is 10.9. The summed E-state index contributed by atoms with van der Waals surface area (Å²) in [5.41, 5.74) is 2.50. The number of hydrogen-bond donors (Lipinski definition) is 0. The minimum atomic E-state index is -1.10. The minimum absolute atomic E-state index is 0.232. The fraction of sp³-hybridized carbons (Fsp3) is 0.583. The highest BCUT2D eigenvalue weighted by atomic mass is 35.5. The lowest BCUT2D eigenvalue weighted by Gasteiger charge is -2.03. The van der Waals surface area contributed by atoms with Gasteiger partial charge in [-0.1, -0.05) is 40.4 Å². The number of carbonyl (C=O) groups excluding carboxylic acids is 1. The molecule has 0 saturated heterocycles. The molecule has 0 fully saturated rings. The minimum Gasteiger partial charge on any atom is -0.459 e. The first-order valence-electron chi connectivity index (χ1n) is 5.17. The molecule has 0 aromatic carbocycles. The Bertz CT molecular complexity index is 277. The molecule has 4 heteroatoms. The van der Waals surface area contributed by atoms with Gasteiger partial charge in [0.25, 0.3) is 0 Å². The van der Waals surface area contributed by atoms with Gasteiger partial charge in [-0.15, -0.1) is 0 Å². The van der Waals surface area contributed by atoms with Crippen molar-refractivity contribution in [2.45, 2.75) is 38.4 Å². The summed E-state index contributed by atoms with van der Waals surface area (Å²) in [6, 6.07) is 0. The van der Waals surface area contributed by atoms with E-state index < -0.39 is 10.8 Å². The Kier molecular flexibility index (Phi) is 8.40. The molecule has 0 bridgehead atoms. The normalized spacial score (nSPS) is 11.5. The van der Waals surface area contributed by atoms with Crippen LogP contribution in [0.3, 0.4) is 0 Å². The summed E-state index contributed by atoms with van der Waals surface area (Å²) < 4.78 is 4.81. The Morgan fingerprint density at radius 3 is 2.38 bits per heavy atom. The van der Waals surface area contributed by atoms with E-state index in [-0.39, 0.29) is 6.61 Å². The van der Waals surface area contributed by atoms with Gasteiger partial charge < -0.3 is 4.74 Å². The van der Waals surface area contributed by atoms with E-state index in [1.54, 1.807) is 0 Å². The van der Waals surface area contributed by atoms with Gasteiger partial charge in [0.1, 0.15) is 6.61 Å². The van der Waals surface area contributed by atoms with Crippen LogP contribution in [0.25, 0.3) is 0 Å². The first kappa shape index (κ1) is 15.5. The first-order chi connectivity index (χ1) is 7.43. The summed E-state index contributed by atoms with van der Waals surface area (Å²) in [5.74, 6) is -0.600. The fourth-order valence-corrected chi connectivity index (χ4v) is 1.15. The largest absolute Gasteiger partial charge is 0.459 e. The van der Waals surface area contributed by atoms with Crippen LogP contribution in [0.1, 0.15) is 33.6 Å². The molecule has 0 heterocycles. The van der Waals surface area contributed by atoms with E-state index >= 15 is 0 Å². The first-order valence-corrected chi connectivity index (χ1v) is 6.04. The highest BCUT2D eigenvalue weighted by molar-refractivity contribution is 6.52. The second-order valence-electron chi connectivity index (χ2n) is 3.80. The molecule has 0 amide bonds. The van der Waals surface area contributed by atoms with Crippen molar-refractivity contribution in [3.63, 3.8) is 0 Å². The smallest absolute Gasteiger partial charge is 0.339 e. The quantitative estimate of drug-likeness (QED) is 0.412. The molecule has 0 atom stereocenters. The fourth-order valence-electron chi connectivity index (χ4n) is 1.02. The van der Waals surface area contributed by atoms with Crippen molar-refractivity contribution in [1.82, 2.24) is 0 Å². The summed E-state index contributed by atoms with van der Waals surface area (Å²) in [7, 11) is 0. The van der Waals surface area contributed by atoms with Gasteiger partial charge in [-0.05, 0) is 39.7 Å². The van der Waals surface area contributed by atoms with Crippen LogP contribution >= 0.6 is 23.2 Å². The van der Waals surface area contributed by atoms with E-state index in [0.29, 0.717) is 0 Å². The van der Waals surface area contributed by atoms with Crippen LogP contribution in [-0.2, 0) is 9.53 Å². The third-order valence-corrected chi connectivity index (χ3v) is 2.28. The molecule has 0 aliphatic rings. The number of ether oxygens (including phenoxy) is 1. The topological polar surface area (TPSA) is 26.3 Å². The third kappa shape index (κ3) is 8.81. The van der Waals surface area contributed by atoms with Gasteiger partial charge in [0.2, 0.25) is 4.84 Å². The predicted octanol–water partition coefficient (Wildman–Crippen LogP) is 4.03. The van der Waals surface area contributed by atoms with Crippen molar-refractivity contribution in [2.75, 3.05) is 6.61 Å². The van der Waals surface area contributed by atoms with Crippen molar-refractivity contribution in [2.24, 2.45) is 0 Å². The third-order valence-electron chi connectivity index (χ3n) is 1.93. The molecule has 92 valence electrons. The van der Waals surface area contributed by atoms with Crippen LogP contribution in [0, 0.1) is 0 Å². The lowest BCUT2D eigenvalue weighted by atomic mass is 10.1. The summed E-state index contributed by atoms with van der Waals surface area (Å²) >= 11 is 10.6. The molecule has 0 unspecified atom stereocenters. The zero-order valence-electron chi connectivity index (χ0n) is 9.93. The molecule has 16 heavy (non-hydrogen) atoms. The molecule has 0 spiro atoms. The van der Waals surface area contributed by atoms with Crippen molar-refractivity contribution in [3.8, 4) is 0 Å². The molecular formula is C12H18Cl2O2. The lowest BCUT2D eigenvalue weighted by molar-refractivity contribution is -0.140. The zero-order chi connectivity index (χ0) is 12.6. The van der Waals surface area contributed by atoms with Crippen LogP contribution in [0.2, 0.25) is 0 Å². The van der Waals surface area contributed by atoms with Gasteiger partial charge in [-0.25, -0.2) is 4.79 Å². The number of carbonyl (C=O) groups is 1. The Balaban J connectivity index is 3.79. The van der Waals surface area contributed by atoms with E-state index in [1.807, 2.05) is 13.0 Å².